The number of hydrogen-bond donors (Lipinski definition) is 0. The lowest BCUT2D eigenvalue weighted by Gasteiger charge is -2.24. The molecule has 1 unspecified atom stereocenters. The van der Waals surface area contributed by atoms with Gasteiger partial charge in [-0.05, 0) is 61.7 Å². The van der Waals surface area contributed by atoms with E-state index in [0.717, 1.165) is 17.7 Å². The van der Waals surface area contributed by atoms with Crippen LogP contribution in [-0.2, 0) is 0 Å². The summed E-state index contributed by atoms with van der Waals surface area (Å²) in [5.74, 6) is 1.22. The fraction of sp³-hybridized carbons (Fsp3) is 0.333. The Bertz CT molecular complexity index is 831. The second-order valence-electron chi connectivity index (χ2n) is 6.44. The zero-order valence-corrected chi connectivity index (χ0v) is 15.3. The van der Waals surface area contributed by atoms with Gasteiger partial charge in [-0.25, -0.2) is 0 Å². The molecule has 26 heavy (non-hydrogen) atoms. The highest BCUT2D eigenvalue weighted by Gasteiger charge is 2.35. The molecule has 1 aliphatic heterocycles. The summed E-state index contributed by atoms with van der Waals surface area (Å²) in [6.45, 7) is 2.49. The third kappa shape index (κ3) is 3.43. The van der Waals surface area contributed by atoms with Crippen LogP contribution in [0.5, 0.6) is 11.5 Å². The molecule has 1 atom stereocenters. The molecule has 3 rings (SSSR count). The molecule has 1 saturated heterocycles. The molecule has 0 N–H and O–H groups in total. The van der Waals surface area contributed by atoms with Crippen LogP contribution in [0.1, 0.15) is 39.1 Å². The number of hydrogen-bond acceptors (Lipinski definition) is 4. The van der Waals surface area contributed by atoms with E-state index in [4.69, 9.17) is 9.47 Å². The minimum Gasteiger partial charge on any atom is -0.497 e. The average molecular weight is 353 g/mol. The first-order valence-electron chi connectivity index (χ1n) is 8.69. The summed E-state index contributed by atoms with van der Waals surface area (Å²) in [5, 5.41) is 0. The number of carbonyl (C=O) groups excluding carboxylic acids is 2. The lowest BCUT2D eigenvalue weighted by molar-refractivity contribution is 0.0671. The number of benzene rings is 2. The van der Waals surface area contributed by atoms with Crippen molar-refractivity contribution < 1.29 is 19.1 Å². The molecule has 1 heterocycles. The van der Waals surface area contributed by atoms with Crippen molar-refractivity contribution in [1.82, 2.24) is 4.90 Å². The molecular weight excluding hydrogens is 330 g/mol. The Balaban J connectivity index is 1.84. The number of aryl methyl sites for hydroxylation is 1. The third-order valence-corrected chi connectivity index (χ3v) is 4.81. The van der Waals surface area contributed by atoms with E-state index in [2.05, 4.69) is 0 Å². The zero-order valence-electron chi connectivity index (χ0n) is 15.3. The lowest BCUT2D eigenvalue weighted by atomic mass is 9.99. The van der Waals surface area contributed by atoms with Crippen LogP contribution >= 0.6 is 0 Å². The summed E-state index contributed by atoms with van der Waals surface area (Å²) in [5.41, 5.74) is 2.05. The number of ether oxygens (including phenoxy) is 2. The first-order chi connectivity index (χ1) is 12.5. The topological polar surface area (TPSA) is 55.8 Å². The molecule has 136 valence electrons. The molecule has 1 amide bonds. The number of amides is 1. The van der Waals surface area contributed by atoms with E-state index in [9.17, 15) is 9.59 Å². The highest BCUT2D eigenvalue weighted by Crippen LogP contribution is 2.26. The normalized spacial score (nSPS) is 16.4. The number of nitrogens with zero attached hydrogens (tertiary/aromatic N) is 1. The van der Waals surface area contributed by atoms with Crippen molar-refractivity contribution in [1.29, 1.82) is 0 Å². The van der Waals surface area contributed by atoms with Crippen LogP contribution in [0.2, 0.25) is 0 Å². The number of ketones is 1. The van der Waals surface area contributed by atoms with Gasteiger partial charge in [-0.1, -0.05) is 6.07 Å². The Morgan fingerprint density at radius 3 is 2.54 bits per heavy atom. The molecule has 1 aliphatic rings. The van der Waals surface area contributed by atoms with Crippen LogP contribution in [0.15, 0.2) is 42.5 Å². The quantitative estimate of drug-likeness (QED) is 0.772. The molecule has 0 aromatic heterocycles. The van der Waals surface area contributed by atoms with E-state index in [1.54, 1.807) is 55.5 Å². The van der Waals surface area contributed by atoms with Gasteiger partial charge in [0.25, 0.3) is 5.91 Å². The van der Waals surface area contributed by atoms with Crippen LogP contribution < -0.4 is 9.47 Å². The van der Waals surface area contributed by atoms with E-state index >= 15 is 0 Å². The number of rotatable bonds is 5. The van der Waals surface area contributed by atoms with Gasteiger partial charge in [0.05, 0.1) is 20.3 Å². The monoisotopic (exact) mass is 353 g/mol. The molecule has 5 nitrogen and oxygen atoms in total. The second-order valence-corrected chi connectivity index (χ2v) is 6.44. The molecule has 0 radical (unpaired) electrons. The second kappa shape index (κ2) is 7.60. The van der Waals surface area contributed by atoms with Crippen molar-refractivity contribution >= 4 is 11.7 Å². The van der Waals surface area contributed by atoms with Crippen LogP contribution in [0, 0.1) is 6.92 Å². The summed E-state index contributed by atoms with van der Waals surface area (Å²) in [4.78, 5) is 27.6. The van der Waals surface area contributed by atoms with Gasteiger partial charge in [-0.15, -0.1) is 0 Å². The number of likely N-dealkylation sites (tertiary alicyclic amines) is 1. The van der Waals surface area contributed by atoms with Crippen molar-refractivity contribution in [2.75, 3.05) is 20.8 Å². The average Bonchev–Trinajstić information content (AvgIpc) is 3.16. The lowest BCUT2D eigenvalue weighted by Crippen LogP contribution is -2.40. The van der Waals surface area contributed by atoms with Gasteiger partial charge in [0.15, 0.2) is 5.78 Å². The molecule has 0 bridgehead atoms. The predicted molar refractivity (Wildman–Crippen MR) is 99.1 cm³/mol. The minimum atomic E-state index is -0.429. The zero-order chi connectivity index (χ0) is 18.7. The van der Waals surface area contributed by atoms with E-state index < -0.39 is 6.04 Å². The van der Waals surface area contributed by atoms with Crippen molar-refractivity contribution in [2.45, 2.75) is 25.8 Å². The Morgan fingerprint density at radius 1 is 1.04 bits per heavy atom. The number of methoxy groups -OCH3 is 2. The van der Waals surface area contributed by atoms with Crippen LogP contribution in [-0.4, -0.2) is 43.4 Å². The SMILES string of the molecule is COc1cccc(C(=O)N2CCCC2C(=O)c2ccc(OC)c(C)c2)c1. The van der Waals surface area contributed by atoms with Gasteiger partial charge >= 0.3 is 0 Å². The largest absolute Gasteiger partial charge is 0.497 e. The van der Waals surface area contributed by atoms with Gasteiger partial charge in [0.2, 0.25) is 0 Å². The first kappa shape index (κ1) is 18.0. The minimum absolute atomic E-state index is 0.0236. The van der Waals surface area contributed by atoms with Gasteiger partial charge in [-0.3, -0.25) is 9.59 Å². The van der Waals surface area contributed by atoms with Crippen molar-refractivity contribution in [2.24, 2.45) is 0 Å². The first-order valence-corrected chi connectivity index (χ1v) is 8.69. The third-order valence-electron chi connectivity index (χ3n) is 4.81. The Morgan fingerprint density at radius 2 is 1.85 bits per heavy atom. The molecule has 1 fully saturated rings. The maximum Gasteiger partial charge on any atom is 0.254 e. The van der Waals surface area contributed by atoms with E-state index in [1.807, 2.05) is 13.0 Å². The summed E-state index contributed by atoms with van der Waals surface area (Å²) < 4.78 is 10.5. The number of Topliss-reactive ketones (excluding diaryl/α,β-unsaturated/α-hetero) is 1. The van der Waals surface area contributed by atoms with Gasteiger partial charge in [0, 0.05) is 17.7 Å². The van der Waals surface area contributed by atoms with Crippen molar-refractivity contribution in [3.8, 4) is 11.5 Å². The number of carbonyl (C=O) groups is 2. The molecular formula is C21H23NO4. The summed E-state index contributed by atoms with van der Waals surface area (Å²) >= 11 is 0. The van der Waals surface area contributed by atoms with Gasteiger partial charge in [-0.2, -0.15) is 0 Å². The fourth-order valence-electron chi connectivity index (χ4n) is 3.43. The van der Waals surface area contributed by atoms with Crippen LogP contribution in [0.25, 0.3) is 0 Å². The summed E-state index contributed by atoms with van der Waals surface area (Å²) in [6, 6.07) is 12.0. The maximum atomic E-state index is 13.0. The van der Waals surface area contributed by atoms with Crippen molar-refractivity contribution in [3.63, 3.8) is 0 Å². The molecule has 2 aromatic carbocycles. The van der Waals surface area contributed by atoms with E-state index in [-0.39, 0.29) is 11.7 Å². The highest BCUT2D eigenvalue weighted by atomic mass is 16.5. The molecule has 0 aliphatic carbocycles. The van der Waals surface area contributed by atoms with Crippen LogP contribution in [0.3, 0.4) is 0 Å². The molecule has 0 spiro atoms. The summed E-state index contributed by atoms with van der Waals surface area (Å²) in [7, 11) is 3.17. The highest BCUT2D eigenvalue weighted by molar-refractivity contribution is 6.05. The standard InChI is InChI=1S/C21H23NO4/c1-14-12-15(9-10-19(14)26-3)20(23)18-8-5-11-22(18)21(24)16-6-4-7-17(13-16)25-2/h4,6-7,9-10,12-13,18H,5,8,11H2,1-3H3. The molecule has 0 saturated carbocycles. The predicted octanol–water partition coefficient (Wildman–Crippen LogP) is 3.50. The Kier molecular flexibility index (Phi) is 5.26. The smallest absolute Gasteiger partial charge is 0.254 e. The van der Waals surface area contributed by atoms with Crippen molar-refractivity contribution in [3.05, 3.63) is 59.2 Å². The van der Waals surface area contributed by atoms with E-state index in [1.165, 1.54) is 0 Å². The fourth-order valence-corrected chi connectivity index (χ4v) is 3.43. The van der Waals surface area contributed by atoms with E-state index in [0.29, 0.717) is 29.8 Å². The van der Waals surface area contributed by atoms with Gasteiger partial charge < -0.3 is 14.4 Å². The van der Waals surface area contributed by atoms with Crippen LogP contribution in [0.4, 0.5) is 0 Å². The summed E-state index contributed by atoms with van der Waals surface area (Å²) in [6.07, 6.45) is 1.50. The Hall–Kier alpha value is -2.82. The Labute approximate surface area is 153 Å². The van der Waals surface area contributed by atoms with Gasteiger partial charge in [0.1, 0.15) is 11.5 Å². The maximum absolute atomic E-state index is 13.0. The molecule has 5 heteroatoms. The molecule has 2 aromatic rings.